The Morgan fingerprint density at radius 3 is 2.68 bits per heavy atom. The number of benzene rings is 1. The summed E-state index contributed by atoms with van der Waals surface area (Å²) in [4.78, 5) is 3.86. The van der Waals surface area contributed by atoms with Crippen LogP contribution in [-0.2, 0) is 6.42 Å². The highest BCUT2D eigenvalue weighted by Gasteiger charge is 2.27. The van der Waals surface area contributed by atoms with E-state index in [1.165, 1.54) is 6.07 Å². The first-order valence-electron chi connectivity index (χ1n) is 5.43. The number of aromatic amines is 1. The summed E-state index contributed by atoms with van der Waals surface area (Å²) in [5.74, 6) is 0.345. The van der Waals surface area contributed by atoms with Crippen molar-refractivity contribution >= 4 is 5.95 Å². The zero-order valence-corrected chi connectivity index (χ0v) is 9.70. The Balaban J connectivity index is 2.00. The number of nitrogens with one attached hydrogen (secondary N) is 2. The lowest BCUT2D eigenvalue weighted by molar-refractivity contribution is -0.115. The molecule has 0 saturated carbocycles. The Kier molecular flexibility index (Phi) is 3.59. The lowest BCUT2D eigenvalue weighted by Crippen LogP contribution is -2.21. The van der Waals surface area contributed by atoms with Crippen LogP contribution in [0.15, 0.2) is 24.3 Å². The Bertz CT molecular complexity index is 553. The zero-order chi connectivity index (χ0) is 13.9. The molecule has 1 aromatic heterocycles. The second-order valence-corrected chi connectivity index (χ2v) is 3.88. The maximum Gasteiger partial charge on any atom is 0.405 e. The van der Waals surface area contributed by atoms with Crippen molar-refractivity contribution in [2.75, 3.05) is 11.9 Å². The molecule has 0 radical (unpaired) electrons. The molecule has 0 atom stereocenters. The van der Waals surface area contributed by atoms with E-state index in [1.54, 1.807) is 18.2 Å². The molecule has 1 heterocycles. The summed E-state index contributed by atoms with van der Waals surface area (Å²) in [6, 6.07) is 6.64. The molecule has 102 valence electrons. The predicted octanol–water partition coefficient (Wildman–Crippen LogP) is 2.08. The highest BCUT2D eigenvalue weighted by atomic mass is 19.4. The molecule has 3 N–H and O–H groups in total. The summed E-state index contributed by atoms with van der Waals surface area (Å²) >= 11 is 0. The van der Waals surface area contributed by atoms with E-state index >= 15 is 0 Å². The van der Waals surface area contributed by atoms with Crippen LogP contribution in [0.2, 0.25) is 0 Å². The van der Waals surface area contributed by atoms with Crippen LogP contribution < -0.4 is 5.32 Å². The number of alkyl halides is 3. The predicted molar refractivity (Wildman–Crippen MR) is 61.8 cm³/mol. The number of anilines is 1. The molecule has 0 saturated heterocycles. The molecular weight excluding hydrogens is 261 g/mol. The van der Waals surface area contributed by atoms with Gasteiger partial charge in [0.15, 0.2) is 0 Å². The van der Waals surface area contributed by atoms with Crippen LogP contribution in [0.4, 0.5) is 19.1 Å². The average Bonchev–Trinajstić information content (AvgIpc) is 2.77. The van der Waals surface area contributed by atoms with E-state index in [1.807, 2.05) is 0 Å². The minimum Gasteiger partial charge on any atom is -0.508 e. The third-order valence-electron chi connectivity index (χ3n) is 2.33. The minimum absolute atomic E-state index is 0.101. The van der Waals surface area contributed by atoms with Crippen LogP contribution >= 0.6 is 0 Å². The summed E-state index contributed by atoms with van der Waals surface area (Å²) < 4.78 is 36.0. The number of nitrogens with zero attached hydrogens (tertiary/aromatic N) is 2. The van der Waals surface area contributed by atoms with E-state index in [0.717, 1.165) is 0 Å². The van der Waals surface area contributed by atoms with Crippen molar-refractivity contribution in [2.45, 2.75) is 12.6 Å². The number of aromatic hydroxyl groups is 1. The van der Waals surface area contributed by atoms with Gasteiger partial charge in [0.1, 0.15) is 18.1 Å². The van der Waals surface area contributed by atoms with E-state index in [9.17, 15) is 18.3 Å². The van der Waals surface area contributed by atoms with Gasteiger partial charge in [0.05, 0.1) is 0 Å². The normalized spacial score (nSPS) is 11.5. The summed E-state index contributed by atoms with van der Waals surface area (Å²) in [6.45, 7) is -1.19. The number of aromatic nitrogens is 3. The van der Waals surface area contributed by atoms with Crippen molar-refractivity contribution < 1.29 is 18.3 Å². The molecule has 0 bridgehead atoms. The molecule has 2 aromatic rings. The number of hydrogen-bond acceptors (Lipinski definition) is 4. The second kappa shape index (κ2) is 5.17. The molecule has 5 nitrogen and oxygen atoms in total. The van der Waals surface area contributed by atoms with Crippen molar-refractivity contribution in [3.05, 3.63) is 35.7 Å². The molecule has 0 amide bonds. The third-order valence-corrected chi connectivity index (χ3v) is 2.33. The lowest BCUT2D eigenvalue weighted by Gasteiger charge is -2.05. The molecule has 1 aromatic carbocycles. The van der Waals surface area contributed by atoms with Gasteiger partial charge < -0.3 is 10.4 Å². The smallest absolute Gasteiger partial charge is 0.405 e. The van der Waals surface area contributed by atoms with E-state index in [2.05, 4.69) is 20.5 Å². The first-order chi connectivity index (χ1) is 8.94. The third kappa shape index (κ3) is 3.87. The fraction of sp³-hybridized carbons (Fsp3) is 0.273. The largest absolute Gasteiger partial charge is 0.508 e. The first kappa shape index (κ1) is 13.2. The van der Waals surface area contributed by atoms with Gasteiger partial charge in [0.2, 0.25) is 5.95 Å². The van der Waals surface area contributed by atoms with Crippen LogP contribution in [-0.4, -0.2) is 33.0 Å². The Hall–Kier alpha value is -2.25. The Labute approximate surface area is 106 Å². The number of rotatable bonds is 4. The maximum absolute atomic E-state index is 12.0. The van der Waals surface area contributed by atoms with Crippen molar-refractivity contribution in [3.8, 4) is 5.75 Å². The first-order valence-corrected chi connectivity index (χ1v) is 5.43. The molecule has 8 heteroatoms. The fourth-order valence-corrected chi connectivity index (χ4v) is 1.47. The van der Waals surface area contributed by atoms with Gasteiger partial charge in [0.25, 0.3) is 0 Å². The quantitative estimate of drug-likeness (QED) is 0.796. The second-order valence-electron chi connectivity index (χ2n) is 3.88. The van der Waals surface area contributed by atoms with Gasteiger partial charge in [0, 0.05) is 12.0 Å². The van der Waals surface area contributed by atoms with E-state index < -0.39 is 12.7 Å². The standard InChI is InChI=1S/C11H11F3N4O/c12-11(13,14)6-15-10-16-9(17-18-10)5-7-3-1-2-4-8(7)19/h1-4,19H,5-6H2,(H2,15,16,17,18). The summed E-state index contributed by atoms with van der Waals surface area (Å²) in [5, 5.41) is 17.8. The number of halogens is 3. The van der Waals surface area contributed by atoms with Crippen molar-refractivity contribution in [1.82, 2.24) is 15.2 Å². The van der Waals surface area contributed by atoms with Gasteiger partial charge in [-0.1, -0.05) is 18.2 Å². The maximum atomic E-state index is 12.0. The molecule has 0 aliphatic heterocycles. The van der Waals surface area contributed by atoms with Gasteiger partial charge in [-0.25, -0.2) is 0 Å². The van der Waals surface area contributed by atoms with E-state index in [-0.39, 0.29) is 18.1 Å². The van der Waals surface area contributed by atoms with Crippen molar-refractivity contribution in [3.63, 3.8) is 0 Å². The van der Waals surface area contributed by atoms with E-state index in [0.29, 0.717) is 11.4 Å². The molecule has 19 heavy (non-hydrogen) atoms. The fourth-order valence-electron chi connectivity index (χ4n) is 1.47. The number of H-pyrrole nitrogens is 1. The number of para-hydroxylation sites is 1. The van der Waals surface area contributed by atoms with Gasteiger partial charge >= 0.3 is 6.18 Å². The number of hydrogen-bond donors (Lipinski definition) is 3. The van der Waals surface area contributed by atoms with Crippen LogP contribution in [0.5, 0.6) is 5.75 Å². The molecule has 0 aliphatic carbocycles. The topological polar surface area (TPSA) is 73.8 Å². The molecule has 0 fully saturated rings. The monoisotopic (exact) mass is 272 g/mol. The van der Waals surface area contributed by atoms with Crippen LogP contribution in [0.25, 0.3) is 0 Å². The van der Waals surface area contributed by atoms with Crippen LogP contribution in [0.3, 0.4) is 0 Å². The van der Waals surface area contributed by atoms with Crippen LogP contribution in [0, 0.1) is 0 Å². The molecular formula is C11H11F3N4O. The van der Waals surface area contributed by atoms with Crippen LogP contribution in [0.1, 0.15) is 11.4 Å². The number of phenolic OH excluding ortho intramolecular Hbond substituents is 1. The molecule has 2 rings (SSSR count). The van der Waals surface area contributed by atoms with Gasteiger partial charge in [-0.15, -0.1) is 5.10 Å². The summed E-state index contributed by atoms with van der Waals surface area (Å²) in [5.41, 5.74) is 0.612. The van der Waals surface area contributed by atoms with Gasteiger partial charge in [-0.3, -0.25) is 5.10 Å². The Morgan fingerprint density at radius 2 is 2.00 bits per heavy atom. The van der Waals surface area contributed by atoms with Crippen molar-refractivity contribution in [1.29, 1.82) is 0 Å². The van der Waals surface area contributed by atoms with E-state index in [4.69, 9.17) is 0 Å². The zero-order valence-electron chi connectivity index (χ0n) is 9.70. The summed E-state index contributed by atoms with van der Waals surface area (Å²) in [7, 11) is 0. The number of phenols is 1. The molecule has 0 spiro atoms. The highest BCUT2D eigenvalue weighted by Crippen LogP contribution is 2.19. The van der Waals surface area contributed by atoms with Gasteiger partial charge in [-0.2, -0.15) is 18.2 Å². The molecule has 0 unspecified atom stereocenters. The Morgan fingerprint density at radius 1 is 1.26 bits per heavy atom. The average molecular weight is 272 g/mol. The van der Waals surface area contributed by atoms with Gasteiger partial charge in [-0.05, 0) is 6.07 Å². The molecule has 0 aliphatic rings. The summed E-state index contributed by atoms with van der Waals surface area (Å²) in [6.07, 6.45) is -4.06. The highest BCUT2D eigenvalue weighted by molar-refractivity contribution is 5.34. The lowest BCUT2D eigenvalue weighted by atomic mass is 10.1. The SMILES string of the molecule is Oc1ccccc1Cc1nc(NCC(F)(F)F)n[nH]1. The van der Waals surface area contributed by atoms with Crippen molar-refractivity contribution in [2.24, 2.45) is 0 Å². The minimum atomic E-state index is -4.32.